The van der Waals surface area contributed by atoms with Crippen LogP contribution in [0.1, 0.15) is 25.2 Å². The highest BCUT2D eigenvalue weighted by Gasteiger charge is 2.09. The van der Waals surface area contributed by atoms with Gasteiger partial charge in [-0.05, 0) is 22.9 Å². The SMILES string of the molecule is Cc1nn(C)c(COCCNC(C)C)c1Br. The van der Waals surface area contributed by atoms with Crippen molar-refractivity contribution < 1.29 is 4.74 Å². The fourth-order valence-electron chi connectivity index (χ4n) is 1.43. The van der Waals surface area contributed by atoms with Gasteiger partial charge in [0.05, 0.1) is 29.1 Å². The predicted octanol–water partition coefficient (Wildman–Crippen LogP) is 2.01. The van der Waals surface area contributed by atoms with Crippen molar-refractivity contribution in [2.75, 3.05) is 13.2 Å². The van der Waals surface area contributed by atoms with Crippen molar-refractivity contribution in [3.63, 3.8) is 0 Å². The van der Waals surface area contributed by atoms with Crippen molar-refractivity contribution in [2.45, 2.75) is 33.4 Å². The number of rotatable bonds is 6. The number of hydrogen-bond donors (Lipinski definition) is 1. The Balaban J connectivity index is 2.32. The second-order valence-electron chi connectivity index (χ2n) is 4.13. The Kier molecular flexibility index (Phi) is 5.44. The molecular weight excluding hydrogens is 270 g/mol. The molecule has 0 bridgehead atoms. The van der Waals surface area contributed by atoms with E-state index < -0.39 is 0 Å². The standard InChI is InChI=1S/C11H20BrN3O/c1-8(2)13-5-6-16-7-10-11(12)9(3)14-15(10)4/h8,13H,5-7H2,1-4H3. The Bertz CT molecular complexity index is 336. The van der Waals surface area contributed by atoms with Crippen LogP contribution in [-0.2, 0) is 18.4 Å². The highest BCUT2D eigenvalue weighted by molar-refractivity contribution is 9.10. The number of hydrogen-bond acceptors (Lipinski definition) is 3. The van der Waals surface area contributed by atoms with Gasteiger partial charge < -0.3 is 10.1 Å². The minimum absolute atomic E-state index is 0.509. The number of ether oxygens (including phenoxy) is 1. The highest BCUT2D eigenvalue weighted by atomic mass is 79.9. The van der Waals surface area contributed by atoms with Crippen molar-refractivity contribution in [3.8, 4) is 0 Å². The van der Waals surface area contributed by atoms with Crippen LogP contribution in [0.2, 0.25) is 0 Å². The Morgan fingerprint density at radius 1 is 1.50 bits per heavy atom. The van der Waals surface area contributed by atoms with Gasteiger partial charge in [-0.25, -0.2) is 0 Å². The van der Waals surface area contributed by atoms with Gasteiger partial charge in [0.15, 0.2) is 0 Å². The Hall–Kier alpha value is -0.390. The molecule has 1 rings (SSSR count). The lowest BCUT2D eigenvalue weighted by Crippen LogP contribution is -2.26. The first-order valence-corrected chi connectivity index (χ1v) is 6.30. The highest BCUT2D eigenvalue weighted by Crippen LogP contribution is 2.20. The van der Waals surface area contributed by atoms with Gasteiger partial charge in [0.25, 0.3) is 0 Å². The fourth-order valence-corrected chi connectivity index (χ4v) is 1.88. The van der Waals surface area contributed by atoms with Gasteiger partial charge in [-0.15, -0.1) is 0 Å². The van der Waals surface area contributed by atoms with Gasteiger partial charge in [-0.3, -0.25) is 4.68 Å². The van der Waals surface area contributed by atoms with Crippen LogP contribution in [0.15, 0.2) is 4.47 Å². The second kappa shape index (κ2) is 6.37. The lowest BCUT2D eigenvalue weighted by atomic mass is 10.4. The molecule has 0 aliphatic carbocycles. The van der Waals surface area contributed by atoms with E-state index in [1.165, 1.54) is 0 Å². The quantitative estimate of drug-likeness (QED) is 0.815. The summed E-state index contributed by atoms with van der Waals surface area (Å²) < 4.78 is 8.50. The summed E-state index contributed by atoms with van der Waals surface area (Å²) in [5.74, 6) is 0. The van der Waals surface area contributed by atoms with Gasteiger partial charge in [0, 0.05) is 19.6 Å². The number of nitrogens with one attached hydrogen (secondary N) is 1. The minimum atomic E-state index is 0.509. The van der Waals surface area contributed by atoms with Crippen LogP contribution in [0.25, 0.3) is 0 Å². The zero-order chi connectivity index (χ0) is 12.1. The van der Waals surface area contributed by atoms with Gasteiger partial charge in [0.1, 0.15) is 0 Å². The Morgan fingerprint density at radius 2 is 2.19 bits per heavy atom. The third-order valence-corrected chi connectivity index (χ3v) is 3.33. The van der Waals surface area contributed by atoms with Crippen LogP contribution in [0.3, 0.4) is 0 Å². The molecule has 0 amide bonds. The van der Waals surface area contributed by atoms with Crippen LogP contribution in [-0.4, -0.2) is 29.0 Å². The molecule has 5 heteroatoms. The average molecular weight is 290 g/mol. The van der Waals surface area contributed by atoms with Crippen molar-refractivity contribution in [1.82, 2.24) is 15.1 Å². The van der Waals surface area contributed by atoms with E-state index in [0.717, 1.165) is 29.0 Å². The second-order valence-corrected chi connectivity index (χ2v) is 4.92. The minimum Gasteiger partial charge on any atom is -0.374 e. The monoisotopic (exact) mass is 289 g/mol. The topological polar surface area (TPSA) is 39.1 Å². The van der Waals surface area contributed by atoms with E-state index in [1.807, 2.05) is 18.7 Å². The first-order valence-electron chi connectivity index (χ1n) is 5.51. The third-order valence-electron chi connectivity index (χ3n) is 2.30. The first-order chi connectivity index (χ1) is 7.52. The molecule has 0 unspecified atom stereocenters. The third kappa shape index (κ3) is 3.88. The summed E-state index contributed by atoms with van der Waals surface area (Å²) in [7, 11) is 1.93. The molecule has 1 aromatic heterocycles. The Morgan fingerprint density at radius 3 is 2.69 bits per heavy atom. The molecular formula is C11H20BrN3O. The fraction of sp³-hybridized carbons (Fsp3) is 0.727. The summed E-state index contributed by atoms with van der Waals surface area (Å²) in [6.45, 7) is 8.43. The summed E-state index contributed by atoms with van der Waals surface area (Å²) >= 11 is 3.51. The molecule has 0 saturated carbocycles. The molecule has 0 aliphatic heterocycles. The summed E-state index contributed by atoms with van der Waals surface area (Å²) in [5.41, 5.74) is 2.09. The van der Waals surface area contributed by atoms with Crippen molar-refractivity contribution >= 4 is 15.9 Å². The van der Waals surface area contributed by atoms with E-state index in [-0.39, 0.29) is 0 Å². The van der Waals surface area contributed by atoms with Gasteiger partial charge >= 0.3 is 0 Å². The zero-order valence-electron chi connectivity index (χ0n) is 10.4. The Labute approximate surface area is 105 Å². The molecule has 16 heavy (non-hydrogen) atoms. The van der Waals surface area contributed by atoms with Crippen molar-refractivity contribution in [1.29, 1.82) is 0 Å². The predicted molar refractivity (Wildman–Crippen MR) is 68.4 cm³/mol. The average Bonchev–Trinajstić information content (AvgIpc) is 2.43. The van der Waals surface area contributed by atoms with Gasteiger partial charge in [-0.1, -0.05) is 13.8 Å². The van der Waals surface area contributed by atoms with E-state index in [1.54, 1.807) is 0 Å². The molecule has 0 saturated heterocycles. The van der Waals surface area contributed by atoms with Crippen LogP contribution in [0.5, 0.6) is 0 Å². The van der Waals surface area contributed by atoms with E-state index >= 15 is 0 Å². The lowest BCUT2D eigenvalue weighted by Gasteiger charge is -2.09. The van der Waals surface area contributed by atoms with E-state index in [4.69, 9.17) is 4.74 Å². The molecule has 0 aliphatic rings. The summed E-state index contributed by atoms with van der Waals surface area (Å²) in [6, 6.07) is 0.509. The van der Waals surface area contributed by atoms with Crippen LogP contribution < -0.4 is 5.32 Å². The smallest absolute Gasteiger partial charge is 0.0896 e. The molecule has 0 aromatic carbocycles. The normalized spacial score (nSPS) is 11.4. The first kappa shape index (κ1) is 13.7. The van der Waals surface area contributed by atoms with Gasteiger partial charge in [-0.2, -0.15) is 5.10 Å². The summed E-state index contributed by atoms with van der Waals surface area (Å²) in [6.07, 6.45) is 0. The summed E-state index contributed by atoms with van der Waals surface area (Å²) in [5, 5.41) is 7.62. The number of halogens is 1. The molecule has 92 valence electrons. The molecule has 1 aromatic rings. The van der Waals surface area contributed by atoms with Crippen molar-refractivity contribution in [3.05, 3.63) is 15.9 Å². The molecule has 0 fully saturated rings. The van der Waals surface area contributed by atoms with Crippen LogP contribution in [0, 0.1) is 6.92 Å². The number of nitrogens with zero attached hydrogens (tertiary/aromatic N) is 2. The molecule has 4 nitrogen and oxygen atoms in total. The van der Waals surface area contributed by atoms with Crippen LogP contribution >= 0.6 is 15.9 Å². The molecule has 0 atom stereocenters. The molecule has 0 radical (unpaired) electrons. The summed E-state index contributed by atoms with van der Waals surface area (Å²) in [4.78, 5) is 0. The van der Waals surface area contributed by atoms with E-state index in [9.17, 15) is 0 Å². The van der Waals surface area contributed by atoms with E-state index in [2.05, 4.69) is 40.2 Å². The number of aromatic nitrogens is 2. The van der Waals surface area contributed by atoms with Gasteiger partial charge in [0.2, 0.25) is 0 Å². The van der Waals surface area contributed by atoms with Crippen LogP contribution in [0.4, 0.5) is 0 Å². The maximum atomic E-state index is 5.59. The lowest BCUT2D eigenvalue weighted by molar-refractivity contribution is 0.116. The van der Waals surface area contributed by atoms with E-state index in [0.29, 0.717) is 12.6 Å². The maximum Gasteiger partial charge on any atom is 0.0896 e. The largest absolute Gasteiger partial charge is 0.374 e. The van der Waals surface area contributed by atoms with Crippen molar-refractivity contribution in [2.24, 2.45) is 7.05 Å². The number of aryl methyl sites for hydroxylation is 2. The zero-order valence-corrected chi connectivity index (χ0v) is 12.0. The maximum absolute atomic E-state index is 5.59. The molecule has 1 heterocycles. The molecule has 1 N–H and O–H groups in total. The molecule has 0 spiro atoms.